The zero-order chi connectivity index (χ0) is 23.8. The van der Waals surface area contributed by atoms with E-state index in [1.165, 1.54) is 0 Å². The molecule has 9 heteroatoms. The summed E-state index contributed by atoms with van der Waals surface area (Å²) in [5.74, 6) is 3.30. The molecule has 0 aliphatic heterocycles. The van der Waals surface area contributed by atoms with E-state index in [4.69, 9.17) is 23.5 Å². The van der Waals surface area contributed by atoms with Crippen LogP contribution in [0.2, 0.25) is 0 Å². The predicted octanol–water partition coefficient (Wildman–Crippen LogP) is 3.75. The van der Waals surface area contributed by atoms with Gasteiger partial charge >= 0.3 is 0 Å². The highest BCUT2D eigenvalue weighted by Gasteiger charge is 2.17. The van der Waals surface area contributed by atoms with Crippen LogP contribution in [0, 0.1) is 0 Å². The number of nitrogens with zero attached hydrogens (tertiary/aromatic N) is 3. The molecule has 0 aliphatic rings. The Balaban J connectivity index is 1.63. The quantitative estimate of drug-likeness (QED) is 0.431. The van der Waals surface area contributed by atoms with Crippen molar-refractivity contribution >= 4 is 5.91 Å². The van der Waals surface area contributed by atoms with E-state index in [1.807, 2.05) is 31.2 Å². The number of carbonyl (C=O) groups excluding carboxylic acids is 1. The monoisotopic (exact) mass is 455 g/mol. The Morgan fingerprint density at radius 1 is 0.909 bits per heavy atom. The van der Waals surface area contributed by atoms with Gasteiger partial charge in [-0.05, 0) is 42.8 Å². The van der Waals surface area contributed by atoms with Gasteiger partial charge in [0.05, 0.1) is 28.4 Å². The lowest BCUT2D eigenvalue weighted by Gasteiger charge is -2.21. The summed E-state index contributed by atoms with van der Waals surface area (Å²) in [6.07, 6.45) is 0.607. The Kier molecular flexibility index (Phi) is 8.12. The number of carbonyl (C=O) groups is 1. The minimum Gasteiger partial charge on any atom is -0.493 e. The van der Waals surface area contributed by atoms with E-state index in [1.54, 1.807) is 45.5 Å². The van der Waals surface area contributed by atoms with Gasteiger partial charge in [0.1, 0.15) is 0 Å². The first-order valence-corrected chi connectivity index (χ1v) is 10.6. The number of benzene rings is 2. The smallest absolute Gasteiger partial charge is 0.227 e. The van der Waals surface area contributed by atoms with Crippen LogP contribution in [-0.4, -0.2) is 55.9 Å². The van der Waals surface area contributed by atoms with Crippen molar-refractivity contribution in [1.29, 1.82) is 0 Å². The Bertz CT molecular complexity index is 1080. The lowest BCUT2D eigenvalue weighted by atomic mass is 10.1. The molecule has 0 bridgehead atoms. The molecule has 0 atom stereocenters. The lowest BCUT2D eigenvalue weighted by Crippen LogP contribution is -2.30. The predicted molar refractivity (Wildman–Crippen MR) is 122 cm³/mol. The molecule has 0 saturated carbocycles. The zero-order valence-corrected chi connectivity index (χ0v) is 19.6. The largest absolute Gasteiger partial charge is 0.493 e. The van der Waals surface area contributed by atoms with Crippen molar-refractivity contribution in [3.05, 3.63) is 47.9 Å². The maximum atomic E-state index is 12.8. The van der Waals surface area contributed by atoms with E-state index < -0.39 is 0 Å². The second-order valence-corrected chi connectivity index (χ2v) is 7.18. The molecule has 0 N–H and O–H groups in total. The molecule has 0 radical (unpaired) electrons. The second kappa shape index (κ2) is 11.2. The average molecular weight is 456 g/mol. The number of amides is 1. The van der Waals surface area contributed by atoms with Crippen LogP contribution >= 0.6 is 0 Å². The normalized spacial score (nSPS) is 10.6. The molecule has 3 aromatic rings. The van der Waals surface area contributed by atoms with Gasteiger partial charge in [0.15, 0.2) is 23.0 Å². The van der Waals surface area contributed by atoms with E-state index in [-0.39, 0.29) is 12.3 Å². The van der Waals surface area contributed by atoms with Crippen molar-refractivity contribution in [1.82, 2.24) is 15.0 Å². The van der Waals surface area contributed by atoms with Crippen molar-refractivity contribution in [2.24, 2.45) is 0 Å². The lowest BCUT2D eigenvalue weighted by molar-refractivity contribution is -0.131. The molecular formula is C24H29N3O6. The zero-order valence-electron chi connectivity index (χ0n) is 19.6. The van der Waals surface area contributed by atoms with Gasteiger partial charge in [0, 0.05) is 31.5 Å². The van der Waals surface area contributed by atoms with Gasteiger partial charge in [-0.25, -0.2) is 0 Å². The number of methoxy groups -OCH3 is 4. The molecule has 1 aromatic heterocycles. The third-order valence-corrected chi connectivity index (χ3v) is 5.22. The topological polar surface area (TPSA) is 96.2 Å². The Morgan fingerprint density at radius 3 is 2.18 bits per heavy atom. The molecule has 1 heterocycles. The highest BCUT2D eigenvalue weighted by molar-refractivity contribution is 5.76. The van der Waals surface area contributed by atoms with E-state index in [0.29, 0.717) is 54.2 Å². The van der Waals surface area contributed by atoms with Gasteiger partial charge in [0.2, 0.25) is 17.6 Å². The summed E-state index contributed by atoms with van der Waals surface area (Å²) < 4.78 is 26.6. The summed E-state index contributed by atoms with van der Waals surface area (Å²) in [5, 5.41) is 4.03. The molecule has 3 rings (SSSR count). The summed E-state index contributed by atoms with van der Waals surface area (Å²) >= 11 is 0. The second-order valence-electron chi connectivity index (χ2n) is 7.18. The maximum absolute atomic E-state index is 12.8. The molecule has 176 valence electrons. The highest BCUT2D eigenvalue weighted by Crippen LogP contribution is 2.31. The Morgan fingerprint density at radius 2 is 1.55 bits per heavy atom. The van der Waals surface area contributed by atoms with Crippen LogP contribution in [0.3, 0.4) is 0 Å². The molecule has 33 heavy (non-hydrogen) atoms. The standard InChI is InChI=1S/C24H29N3O6/c1-6-27(15-16-7-9-18(29-2)20(13-16)31-4)23(28)12-11-22-25-24(26-33-22)17-8-10-19(30-3)21(14-17)32-5/h7-10,13-14H,6,11-12,15H2,1-5H3. The van der Waals surface area contributed by atoms with Crippen LogP contribution in [0.25, 0.3) is 11.4 Å². The van der Waals surface area contributed by atoms with Gasteiger partial charge in [-0.3, -0.25) is 4.79 Å². The molecule has 9 nitrogen and oxygen atoms in total. The fourth-order valence-corrected chi connectivity index (χ4v) is 3.40. The van der Waals surface area contributed by atoms with Crippen LogP contribution < -0.4 is 18.9 Å². The van der Waals surface area contributed by atoms with Gasteiger partial charge in [-0.2, -0.15) is 4.98 Å². The first-order valence-electron chi connectivity index (χ1n) is 10.6. The summed E-state index contributed by atoms with van der Waals surface area (Å²) in [6, 6.07) is 11.0. The molecule has 2 aromatic carbocycles. The summed E-state index contributed by atoms with van der Waals surface area (Å²) in [7, 11) is 6.32. The Labute approximate surface area is 193 Å². The molecule has 1 amide bonds. The summed E-state index contributed by atoms with van der Waals surface area (Å²) in [4.78, 5) is 19.0. The van der Waals surface area contributed by atoms with E-state index in [9.17, 15) is 4.79 Å². The van der Waals surface area contributed by atoms with Crippen molar-refractivity contribution in [2.75, 3.05) is 35.0 Å². The summed E-state index contributed by atoms with van der Waals surface area (Å²) in [6.45, 7) is 2.99. The van der Waals surface area contributed by atoms with Crippen molar-refractivity contribution in [2.45, 2.75) is 26.3 Å². The minimum atomic E-state index is -0.00171. The van der Waals surface area contributed by atoms with Crippen LogP contribution in [-0.2, 0) is 17.8 Å². The van der Waals surface area contributed by atoms with E-state index in [2.05, 4.69) is 10.1 Å². The molecule has 0 fully saturated rings. The number of ether oxygens (including phenoxy) is 4. The van der Waals surface area contributed by atoms with Gasteiger partial charge < -0.3 is 28.4 Å². The highest BCUT2D eigenvalue weighted by atomic mass is 16.5. The summed E-state index contributed by atoms with van der Waals surface area (Å²) in [5.41, 5.74) is 1.69. The number of hydrogen-bond acceptors (Lipinski definition) is 8. The molecule has 0 unspecified atom stereocenters. The number of aromatic nitrogens is 2. The first kappa shape index (κ1) is 23.9. The van der Waals surface area contributed by atoms with E-state index in [0.717, 1.165) is 11.1 Å². The minimum absolute atomic E-state index is 0.00171. The van der Waals surface area contributed by atoms with Crippen molar-refractivity contribution in [3.8, 4) is 34.4 Å². The first-order chi connectivity index (χ1) is 16.0. The SMILES string of the molecule is CCN(Cc1ccc(OC)c(OC)c1)C(=O)CCc1nc(-c2ccc(OC)c(OC)c2)no1. The van der Waals surface area contributed by atoms with Gasteiger partial charge in [-0.15, -0.1) is 0 Å². The van der Waals surface area contributed by atoms with Crippen LogP contribution in [0.1, 0.15) is 24.8 Å². The molecular weight excluding hydrogens is 426 g/mol. The van der Waals surface area contributed by atoms with Crippen LogP contribution in [0.4, 0.5) is 0 Å². The third-order valence-electron chi connectivity index (χ3n) is 5.22. The van der Waals surface area contributed by atoms with Crippen LogP contribution in [0.15, 0.2) is 40.9 Å². The molecule has 0 saturated heterocycles. The van der Waals surface area contributed by atoms with Crippen molar-refractivity contribution < 1.29 is 28.3 Å². The molecule has 0 spiro atoms. The van der Waals surface area contributed by atoms with Gasteiger partial charge in [0.25, 0.3) is 0 Å². The number of aryl methyl sites for hydroxylation is 1. The number of hydrogen-bond donors (Lipinski definition) is 0. The fraction of sp³-hybridized carbons (Fsp3) is 0.375. The van der Waals surface area contributed by atoms with Crippen molar-refractivity contribution in [3.63, 3.8) is 0 Å². The third kappa shape index (κ3) is 5.74. The Hall–Kier alpha value is -3.75. The van der Waals surface area contributed by atoms with Gasteiger partial charge in [-0.1, -0.05) is 11.2 Å². The molecule has 0 aliphatic carbocycles. The van der Waals surface area contributed by atoms with E-state index >= 15 is 0 Å². The average Bonchev–Trinajstić information content (AvgIpc) is 3.34. The maximum Gasteiger partial charge on any atom is 0.227 e. The van der Waals surface area contributed by atoms with Crippen LogP contribution in [0.5, 0.6) is 23.0 Å². The fourth-order valence-electron chi connectivity index (χ4n) is 3.40. The number of rotatable bonds is 11.